The Labute approximate surface area is 200 Å². The summed E-state index contributed by atoms with van der Waals surface area (Å²) in [5.41, 5.74) is 4.61. The van der Waals surface area contributed by atoms with Gasteiger partial charge in [-0.05, 0) is 62.1 Å². The SMILES string of the molecule is CCOC(=O)c1[nH]c(C)c(CN(CCc2ccccc2)C(=O)c2ccc(OC)c(OC)c2)c1C. The number of aryl methyl sites for hydroxylation is 1. The maximum absolute atomic E-state index is 13.6. The monoisotopic (exact) mass is 464 g/mol. The average Bonchev–Trinajstić information content (AvgIpc) is 3.14. The number of amides is 1. The highest BCUT2D eigenvalue weighted by molar-refractivity contribution is 5.95. The molecule has 3 rings (SSSR count). The first kappa shape index (κ1) is 24.9. The summed E-state index contributed by atoms with van der Waals surface area (Å²) in [5, 5.41) is 0. The lowest BCUT2D eigenvalue weighted by atomic mass is 10.1. The zero-order valence-corrected chi connectivity index (χ0v) is 20.4. The summed E-state index contributed by atoms with van der Waals surface area (Å²) in [4.78, 5) is 30.9. The first-order chi connectivity index (χ1) is 16.4. The molecule has 0 saturated carbocycles. The Bertz CT molecular complexity index is 1140. The zero-order valence-electron chi connectivity index (χ0n) is 20.4. The van der Waals surface area contributed by atoms with Crippen molar-refractivity contribution in [2.75, 3.05) is 27.4 Å². The number of aromatic nitrogens is 1. The molecule has 0 aliphatic rings. The Kier molecular flexibility index (Phi) is 8.35. The minimum atomic E-state index is -0.392. The van der Waals surface area contributed by atoms with E-state index in [4.69, 9.17) is 14.2 Å². The minimum absolute atomic E-state index is 0.130. The maximum Gasteiger partial charge on any atom is 0.355 e. The second kappa shape index (κ2) is 11.4. The van der Waals surface area contributed by atoms with Crippen LogP contribution in [-0.2, 0) is 17.7 Å². The van der Waals surface area contributed by atoms with Crippen molar-refractivity contribution in [2.45, 2.75) is 33.7 Å². The van der Waals surface area contributed by atoms with Crippen LogP contribution in [0.25, 0.3) is 0 Å². The van der Waals surface area contributed by atoms with E-state index in [9.17, 15) is 9.59 Å². The molecular weight excluding hydrogens is 432 g/mol. The van der Waals surface area contributed by atoms with Crippen molar-refractivity contribution in [1.29, 1.82) is 0 Å². The summed E-state index contributed by atoms with van der Waals surface area (Å²) in [6.45, 7) is 6.72. The number of methoxy groups -OCH3 is 2. The summed E-state index contributed by atoms with van der Waals surface area (Å²) < 4.78 is 15.9. The van der Waals surface area contributed by atoms with Crippen LogP contribution >= 0.6 is 0 Å². The van der Waals surface area contributed by atoms with Crippen molar-refractivity contribution in [3.63, 3.8) is 0 Å². The summed E-state index contributed by atoms with van der Waals surface area (Å²) in [6.07, 6.45) is 0.702. The quantitative estimate of drug-likeness (QED) is 0.440. The Hall–Kier alpha value is -3.74. The average molecular weight is 465 g/mol. The van der Waals surface area contributed by atoms with Crippen LogP contribution in [0, 0.1) is 13.8 Å². The third-order valence-corrected chi connectivity index (χ3v) is 5.85. The number of carbonyl (C=O) groups is 2. The van der Waals surface area contributed by atoms with Crippen molar-refractivity contribution >= 4 is 11.9 Å². The minimum Gasteiger partial charge on any atom is -0.493 e. The fourth-order valence-corrected chi connectivity index (χ4v) is 3.94. The van der Waals surface area contributed by atoms with E-state index in [2.05, 4.69) is 4.98 Å². The van der Waals surface area contributed by atoms with Crippen LogP contribution in [0.15, 0.2) is 48.5 Å². The van der Waals surface area contributed by atoms with Gasteiger partial charge in [0, 0.05) is 24.3 Å². The van der Waals surface area contributed by atoms with Gasteiger partial charge in [-0.1, -0.05) is 30.3 Å². The van der Waals surface area contributed by atoms with Gasteiger partial charge in [0.25, 0.3) is 5.91 Å². The number of ether oxygens (including phenoxy) is 3. The predicted octanol–water partition coefficient (Wildman–Crippen LogP) is 4.71. The molecule has 0 saturated heterocycles. The van der Waals surface area contributed by atoms with Crippen LogP contribution < -0.4 is 9.47 Å². The summed E-state index contributed by atoms with van der Waals surface area (Å²) >= 11 is 0. The number of esters is 1. The lowest BCUT2D eigenvalue weighted by molar-refractivity contribution is 0.0519. The number of carbonyl (C=O) groups excluding carboxylic acids is 2. The van der Waals surface area contributed by atoms with Crippen LogP contribution in [0.1, 0.15) is 50.2 Å². The standard InChI is InChI=1S/C27H32N2O5/c1-6-34-27(31)25-18(2)22(19(3)28-25)17-29(15-14-20-10-8-7-9-11-20)26(30)21-12-13-23(32-4)24(16-21)33-5/h7-13,16,28H,6,14-15,17H2,1-5H3. The first-order valence-electron chi connectivity index (χ1n) is 11.3. The van der Waals surface area contributed by atoms with Gasteiger partial charge in [-0.15, -0.1) is 0 Å². The molecule has 0 fully saturated rings. The van der Waals surface area contributed by atoms with Crippen LogP contribution in [0.4, 0.5) is 0 Å². The smallest absolute Gasteiger partial charge is 0.355 e. The number of rotatable bonds is 10. The lowest BCUT2D eigenvalue weighted by Crippen LogP contribution is -2.33. The van der Waals surface area contributed by atoms with Gasteiger partial charge in [-0.3, -0.25) is 4.79 Å². The van der Waals surface area contributed by atoms with Gasteiger partial charge < -0.3 is 24.1 Å². The molecular formula is C27H32N2O5. The second-order valence-corrected chi connectivity index (χ2v) is 7.98. The van der Waals surface area contributed by atoms with Crippen LogP contribution in [-0.4, -0.2) is 49.1 Å². The van der Waals surface area contributed by atoms with Gasteiger partial charge >= 0.3 is 5.97 Å². The number of hydrogen-bond acceptors (Lipinski definition) is 5. The van der Waals surface area contributed by atoms with Gasteiger partial charge in [0.05, 0.1) is 20.8 Å². The second-order valence-electron chi connectivity index (χ2n) is 7.98. The van der Waals surface area contributed by atoms with E-state index in [0.717, 1.165) is 22.4 Å². The highest BCUT2D eigenvalue weighted by Crippen LogP contribution is 2.29. The molecule has 7 heteroatoms. The number of H-pyrrole nitrogens is 1. The normalized spacial score (nSPS) is 10.6. The molecule has 0 unspecified atom stereocenters. The van der Waals surface area contributed by atoms with Gasteiger partial charge in [-0.2, -0.15) is 0 Å². The Morgan fingerprint density at radius 3 is 2.32 bits per heavy atom. The van der Waals surface area contributed by atoms with Crippen LogP contribution in [0.3, 0.4) is 0 Å². The van der Waals surface area contributed by atoms with Crippen molar-refractivity contribution in [2.24, 2.45) is 0 Å². The number of aromatic amines is 1. The van der Waals surface area contributed by atoms with Gasteiger partial charge in [-0.25, -0.2) is 4.79 Å². The molecule has 0 spiro atoms. The molecule has 1 amide bonds. The van der Waals surface area contributed by atoms with Crippen molar-refractivity contribution < 1.29 is 23.8 Å². The van der Waals surface area contributed by atoms with E-state index >= 15 is 0 Å². The highest BCUT2D eigenvalue weighted by Gasteiger charge is 2.23. The molecule has 34 heavy (non-hydrogen) atoms. The third-order valence-electron chi connectivity index (χ3n) is 5.85. The molecule has 1 heterocycles. The summed E-state index contributed by atoms with van der Waals surface area (Å²) in [5.74, 6) is 0.534. The fraction of sp³-hybridized carbons (Fsp3) is 0.333. The molecule has 3 aromatic rings. The zero-order chi connectivity index (χ0) is 24.7. The Morgan fingerprint density at radius 2 is 1.68 bits per heavy atom. The molecule has 0 aliphatic carbocycles. The third kappa shape index (κ3) is 5.60. The molecule has 1 N–H and O–H groups in total. The number of nitrogens with zero attached hydrogens (tertiary/aromatic N) is 1. The molecule has 0 bridgehead atoms. The number of benzene rings is 2. The molecule has 180 valence electrons. The molecule has 0 radical (unpaired) electrons. The summed E-state index contributed by atoms with van der Waals surface area (Å²) in [7, 11) is 3.10. The number of nitrogens with one attached hydrogen (secondary N) is 1. The van der Waals surface area contributed by atoms with E-state index < -0.39 is 5.97 Å². The number of hydrogen-bond donors (Lipinski definition) is 1. The van der Waals surface area contributed by atoms with E-state index in [1.165, 1.54) is 0 Å². The molecule has 1 aromatic heterocycles. The highest BCUT2D eigenvalue weighted by atomic mass is 16.5. The van der Waals surface area contributed by atoms with Gasteiger partial charge in [0.2, 0.25) is 0 Å². The topological polar surface area (TPSA) is 80.9 Å². The lowest BCUT2D eigenvalue weighted by Gasteiger charge is -2.24. The van der Waals surface area contributed by atoms with Crippen LogP contribution in [0.5, 0.6) is 11.5 Å². The molecule has 7 nitrogen and oxygen atoms in total. The van der Waals surface area contributed by atoms with Crippen molar-refractivity contribution in [3.8, 4) is 11.5 Å². The van der Waals surface area contributed by atoms with E-state index in [1.807, 2.05) is 44.2 Å². The predicted molar refractivity (Wildman–Crippen MR) is 131 cm³/mol. The first-order valence-corrected chi connectivity index (χ1v) is 11.3. The van der Waals surface area contributed by atoms with E-state index in [-0.39, 0.29) is 5.91 Å². The molecule has 0 aliphatic heterocycles. The van der Waals surface area contributed by atoms with E-state index in [1.54, 1.807) is 44.2 Å². The van der Waals surface area contributed by atoms with Gasteiger partial charge in [0.1, 0.15) is 5.69 Å². The Balaban J connectivity index is 1.93. The molecule has 0 atom stereocenters. The Morgan fingerprint density at radius 1 is 0.971 bits per heavy atom. The largest absolute Gasteiger partial charge is 0.493 e. The summed E-state index contributed by atoms with van der Waals surface area (Å²) in [6, 6.07) is 15.2. The van der Waals surface area contributed by atoms with Gasteiger partial charge in [0.15, 0.2) is 11.5 Å². The van der Waals surface area contributed by atoms with Crippen molar-refractivity contribution in [1.82, 2.24) is 9.88 Å². The van der Waals surface area contributed by atoms with Crippen LogP contribution in [0.2, 0.25) is 0 Å². The van der Waals surface area contributed by atoms with E-state index in [0.29, 0.717) is 48.9 Å². The fourth-order valence-electron chi connectivity index (χ4n) is 3.94. The molecule has 2 aromatic carbocycles. The maximum atomic E-state index is 13.6. The van der Waals surface area contributed by atoms with Crippen molar-refractivity contribution in [3.05, 3.63) is 82.2 Å².